The van der Waals surface area contributed by atoms with Crippen LogP contribution >= 0.6 is 11.6 Å². The lowest BCUT2D eigenvalue weighted by molar-refractivity contribution is -0.126. The van der Waals surface area contributed by atoms with Crippen LogP contribution in [0.15, 0.2) is 18.3 Å². The van der Waals surface area contributed by atoms with Crippen LogP contribution in [-0.2, 0) is 4.79 Å². The maximum atomic E-state index is 11.8. The van der Waals surface area contributed by atoms with Gasteiger partial charge in [0.15, 0.2) is 5.78 Å². The molecule has 1 atom stereocenters. The molecule has 1 fully saturated rings. The number of carbonyl (C=O) groups excluding carboxylic acids is 1. The van der Waals surface area contributed by atoms with Crippen LogP contribution in [0, 0.1) is 0 Å². The minimum atomic E-state index is -0.208. The van der Waals surface area contributed by atoms with Crippen molar-refractivity contribution < 1.29 is 4.79 Å². The van der Waals surface area contributed by atoms with E-state index in [1.54, 1.807) is 6.20 Å². The maximum absolute atomic E-state index is 11.8. The van der Waals surface area contributed by atoms with Crippen molar-refractivity contribution >= 4 is 17.4 Å². The molecule has 0 aromatic carbocycles. The largest absolute Gasteiger partial charge is 0.298 e. The number of rotatable bonds is 1. The van der Waals surface area contributed by atoms with Crippen LogP contribution in [0.3, 0.4) is 0 Å². The Labute approximate surface area is 94.1 Å². The number of aromatic nitrogens is 1. The van der Waals surface area contributed by atoms with Crippen LogP contribution in [0.1, 0.15) is 24.4 Å². The number of hydrogen-bond acceptors (Lipinski definition) is 3. The Hall–Kier alpha value is -0.930. The second kappa shape index (κ2) is 4.29. The molecule has 0 radical (unpaired) electrons. The zero-order chi connectivity index (χ0) is 10.8. The zero-order valence-corrected chi connectivity index (χ0v) is 9.37. The van der Waals surface area contributed by atoms with Gasteiger partial charge in [0, 0.05) is 18.2 Å². The maximum Gasteiger partial charge on any atom is 0.154 e. The molecule has 2 heterocycles. The van der Waals surface area contributed by atoms with Gasteiger partial charge in [-0.2, -0.15) is 0 Å². The first kappa shape index (κ1) is 10.6. The number of piperidine rings is 1. The summed E-state index contributed by atoms with van der Waals surface area (Å²) in [5, 5.41) is 0.435. The van der Waals surface area contributed by atoms with E-state index >= 15 is 0 Å². The SMILES string of the molecule is CN1CCCC(=O)[C@@H]1c1cccnc1Cl. The molecule has 3 nitrogen and oxygen atoms in total. The van der Waals surface area contributed by atoms with Crippen molar-refractivity contribution in [1.82, 2.24) is 9.88 Å². The molecule has 80 valence electrons. The fourth-order valence-electron chi connectivity index (χ4n) is 2.03. The zero-order valence-electron chi connectivity index (χ0n) is 8.61. The molecule has 0 saturated carbocycles. The molecule has 4 heteroatoms. The third-order valence-corrected chi connectivity index (χ3v) is 3.08. The summed E-state index contributed by atoms with van der Waals surface area (Å²) < 4.78 is 0. The average molecular weight is 225 g/mol. The highest BCUT2D eigenvalue weighted by molar-refractivity contribution is 6.30. The predicted molar refractivity (Wildman–Crippen MR) is 58.9 cm³/mol. The summed E-state index contributed by atoms with van der Waals surface area (Å²) in [5.41, 5.74) is 0.825. The van der Waals surface area contributed by atoms with E-state index in [9.17, 15) is 4.79 Å². The minimum absolute atomic E-state index is 0.208. The molecule has 1 aliphatic rings. The predicted octanol–water partition coefficient (Wildman–Crippen LogP) is 2.07. The van der Waals surface area contributed by atoms with Gasteiger partial charge in [0.1, 0.15) is 5.15 Å². The van der Waals surface area contributed by atoms with Gasteiger partial charge in [-0.1, -0.05) is 17.7 Å². The summed E-state index contributed by atoms with van der Waals surface area (Å²) in [4.78, 5) is 17.9. The summed E-state index contributed by atoms with van der Waals surface area (Å²) in [6.45, 7) is 0.932. The quantitative estimate of drug-likeness (QED) is 0.685. The highest BCUT2D eigenvalue weighted by Gasteiger charge is 2.29. The summed E-state index contributed by atoms with van der Waals surface area (Å²) in [7, 11) is 1.95. The van der Waals surface area contributed by atoms with Crippen LogP contribution < -0.4 is 0 Å². The van der Waals surface area contributed by atoms with E-state index in [0.717, 1.165) is 18.5 Å². The van der Waals surface area contributed by atoms with Crippen molar-refractivity contribution in [3.8, 4) is 0 Å². The molecule has 0 spiro atoms. The number of Topliss-reactive ketones (excluding diaryl/α,β-unsaturated/α-hetero) is 1. The van der Waals surface area contributed by atoms with E-state index in [1.807, 2.05) is 24.1 Å². The Morgan fingerprint density at radius 1 is 1.60 bits per heavy atom. The van der Waals surface area contributed by atoms with Crippen LogP contribution in [0.25, 0.3) is 0 Å². The molecule has 1 aliphatic heterocycles. The van der Waals surface area contributed by atoms with Gasteiger partial charge in [-0.25, -0.2) is 4.98 Å². The number of carbonyl (C=O) groups is 1. The van der Waals surface area contributed by atoms with Gasteiger partial charge in [0.05, 0.1) is 6.04 Å². The monoisotopic (exact) mass is 224 g/mol. The number of ketones is 1. The molecule has 0 N–H and O–H groups in total. The summed E-state index contributed by atoms with van der Waals surface area (Å²) in [6, 6.07) is 3.48. The Morgan fingerprint density at radius 3 is 3.07 bits per heavy atom. The molecule has 15 heavy (non-hydrogen) atoms. The Kier molecular flexibility index (Phi) is 3.03. The van der Waals surface area contributed by atoms with Gasteiger partial charge >= 0.3 is 0 Å². The van der Waals surface area contributed by atoms with E-state index in [-0.39, 0.29) is 11.8 Å². The van der Waals surface area contributed by atoms with Crippen LogP contribution in [0.5, 0.6) is 0 Å². The number of nitrogens with zero attached hydrogens (tertiary/aromatic N) is 2. The molecule has 1 saturated heterocycles. The van der Waals surface area contributed by atoms with Crippen molar-refractivity contribution in [2.75, 3.05) is 13.6 Å². The molecule has 1 aromatic heterocycles. The van der Waals surface area contributed by atoms with Gasteiger partial charge in [-0.05, 0) is 26.1 Å². The smallest absolute Gasteiger partial charge is 0.154 e. The molecular weight excluding hydrogens is 212 g/mol. The van der Waals surface area contributed by atoms with E-state index in [1.165, 1.54) is 0 Å². The van der Waals surface area contributed by atoms with Crippen LogP contribution in [0.2, 0.25) is 5.15 Å². The van der Waals surface area contributed by atoms with Crippen molar-refractivity contribution in [3.05, 3.63) is 29.0 Å². The van der Waals surface area contributed by atoms with E-state index < -0.39 is 0 Å². The first-order valence-corrected chi connectivity index (χ1v) is 5.41. The molecule has 2 rings (SSSR count). The second-order valence-corrected chi connectivity index (χ2v) is 4.19. The van der Waals surface area contributed by atoms with Crippen molar-refractivity contribution in [2.45, 2.75) is 18.9 Å². The molecule has 0 amide bonds. The first-order valence-electron chi connectivity index (χ1n) is 5.03. The van der Waals surface area contributed by atoms with Crippen molar-refractivity contribution in [2.24, 2.45) is 0 Å². The van der Waals surface area contributed by atoms with Gasteiger partial charge < -0.3 is 0 Å². The van der Waals surface area contributed by atoms with Gasteiger partial charge in [-0.3, -0.25) is 9.69 Å². The standard InChI is InChI=1S/C11H13ClN2O/c1-14-7-3-5-9(15)10(14)8-4-2-6-13-11(8)12/h2,4,6,10H,3,5,7H2,1H3/t10-/m0/s1. The van der Waals surface area contributed by atoms with Crippen molar-refractivity contribution in [3.63, 3.8) is 0 Å². The Balaban J connectivity index is 2.36. The number of hydrogen-bond donors (Lipinski definition) is 0. The molecule has 0 aliphatic carbocycles. The number of halogens is 1. The van der Waals surface area contributed by atoms with Crippen LogP contribution in [-0.4, -0.2) is 29.3 Å². The third kappa shape index (κ3) is 2.03. The van der Waals surface area contributed by atoms with Crippen LogP contribution in [0.4, 0.5) is 0 Å². The lowest BCUT2D eigenvalue weighted by Gasteiger charge is -2.31. The lowest BCUT2D eigenvalue weighted by atomic mass is 9.96. The highest BCUT2D eigenvalue weighted by atomic mass is 35.5. The fourth-order valence-corrected chi connectivity index (χ4v) is 2.25. The van der Waals surface area contributed by atoms with E-state index in [2.05, 4.69) is 4.98 Å². The lowest BCUT2D eigenvalue weighted by Crippen LogP contribution is -2.36. The van der Waals surface area contributed by atoms with Gasteiger partial charge in [0.2, 0.25) is 0 Å². The number of likely N-dealkylation sites (tertiary alicyclic amines) is 1. The molecule has 1 aromatic rings. The summed E-state index contributed by atoms with van der Waals surface area (Å²) in [6.07, 6.45) is 3.21. The summed E-state index contributed by atoms with van der Waals surface area (Å²) in [5.74, 6) is 0.235. The fraction of sp³-hybridized carbons (Fsp3) is 0.455. The highest BCUT2D eigenvalue weighted by Crippen LogP contribution is 2.30. The van der Waals surface area contributed by atoms with E-state index in [0.29, 0.717) is 11.6 Å². The minimum Gasteiger partial charge on any atom is -0.298 e. The number of pyridine rings is 1. The molecular formula is C11H13ClN2O. The second-order valence-electron chi connectivity index (χ2n) is 3.84. The van der Waals surface area contributed by atoms with Gasteiger partial charge in [-0.15, -0.1) is 0 Å². The molecule has 0 unspecified atom stereocenters. The Bertz CT molecular complexity index is 381. The molecule has 0 bridgehead atoms. The first-order chi connectivity index (χ1) is 7.20. The third-order valence-electron chi connectivity index (χ3n) is 2.76. The van der Waals surface area contributed by atoms with Gasteiger partial charge in [0.25, 0.3) is 0 Å². The topological polar surface area (TPSA) is 33.2 Å². The number of likely N-dealkylation sites (N-methyl/N-ethyl adjacent to an activating group) is 1. The Morgan fingerprint density at radius 2 is 2.40 bits per heavy atom. The van der Waals surface area contributed by atoms with E-state index in [4.69, 9.17) is 11.6 Å². The average Bonchev–Trinajstić information content (AvgIpc) is 2.20. The van der Waals surface area contributed by atoms with Crippen molar-refractivity contribution in [1.29, 1.82) is 0 Å². The summed E-state index contributed by atoms with van der Waals surface area (Å²) >= 11 is 6.00. The normalized spacial score (nSPS) is 23.1.